The summed E-state index contributed by atoms with van der Waals surface area (Å²) in [6, 6.07) is 2.87. The number of aromatic nitrogens is 3. The number of rotatable bonds is 7. The minimum Gasteiger partial charge on any atom is -0.388 e. The molecule has 3 fully saturated rings. The Bertz CT molecular complexity index is 1220. The first-order valence-corrected chi connectivity index (χ1v) is 13.9. The second-order valence-electron chi connectivity index (χ2n) is 10.1. The van der Waals surface area contributed by atoms with Gasteiger partial charge in [-0.15, -0.1) is 0 Å². The number of fused-ring (bicyclic) bond motifs is 1. The van der Waals surface area contributed by atoms with Crippen LogP contribution in [0.25, 0.3) is 11.0 Å². The number of aliphatic hydroxyl groups is 1. The second kappa shape index (κ2) is 9.74. The first-order chi connectivity index (χ1) is 16.7. The van der Waals surface area contributed by atoms with E-state index in [1.165, 1.54) is 10.4 Å². The van der Waals surface area contributed by atoms with Crippen LogP contribution in [0.4, 0.5) is 5.95 Å². The number of ether oxygens (including phenoxy) is 1. The molecular weight excluding hydrogens is 472 g/mol. The van der Waals surface area contributed by atoms with Crippen LogP contribution in [0.1, 0.15) is 57.9 Å². The molecule has 3 N–H and O–H groups in total. The number of nitrogens with zero attached hydrogens (tertiary/aromatic N) is 4. The van der Waals surface area contributed by atoms with E-state index in [0.717, 1.165) is 24.6 Å². The number of nitrogens with one attached hydrogen (secondary N) is 2. The molecule has 0 radical (unpaired) electrons. The zero-order chi connectivity index (χ0) is 24.6. The molecule has 1 aliphatic carbocycles. The maximum absolute atomic E-state index is 12.8. The monoisotopic (exact) mass is 506 g/mol. The van der Waals surface area contributed by atoms with Gasteiger partial charge >= 0.3 is 0 Å². The summed E-state index contributed by atoms with van der Waals surface area (Å²) < 4.78 is 36.6. The first-order valence-electron chi connectivity index (χ1n) is 12.5. The van der Waals surface area contributed by atoms with Crippen LogP contribution < -0.4 is 15.6 Å². The average molecular weight is 507 g/mol. The topological polar surface area (TPSA) is 139 Å². The highest BCUT2D eigenvalue weighted by atomic mass is 32.2. The second-order valence-corrected chi connectivity index (χ2v) is 11.8. The van der Waals surface area contributed by atoms with Crippen LogP contribution in [0.3, 0.4) is 0 Å². The largest absolute Gasteiger partial charge is 0.388 e. The molecule has 0 aromatic carbocycles. The quantitative estimate of drug-likeness (QED) is 0.508. The summed E-state index contributed by atoms with van der Waals surface area (Å²) in [6.07, 6.45) is 6.91. The van der Waals surface area contributed by atoms with Crippen LogP contribution in [0.5, 0.6) is 0 Å². The SMILES string of the molecule is CC1(O)CCCC1n1c(=O)ccc2cnc(NC3CCN(S(=O)(=O)NC[C@@H]4CCCO4)CC3)nc21. The molecule has 35 heavy (non-hydrogen) atoms. The van der Waals surface area contributed by atoms with Crippen molar-refractivity contribution in [1.82, 2.24) is 23.6 Å². The molecule has 0 spiro atoms. The number of pyridine rings is 1. The van der Waals surface area contributed by atoms with Gasteiger partial charge in [0.1, 0.15) is 5.65 Å². The Balaban J connectivity index is 1.26. The van der Waals surface area contributed by atoms with Gasteiger partial charge in [-0.05, 0) is 57.9 Å². The van der Waals surface area contributed by atoms with Crippen LogP contribution in [0.2, 0.25) is 0 Å². The average Bonchev–Trinajstić information content (AvgIpc) is 3.47. The van der Waals surface area contributed by atoms with Gasteiger partial charge in [0.2, 0.25) is 5.95 Å². The number of hydrogen-bond donors (Lipinski definition) is 3. The summed E-state index contributed by atoms with van der Waals surface area (Å²) in [4.78, 5) is 21.8. The van der Waals surface area contributed by atoms with E-state index < -0.39 is 15.8 Å². The molecule has 0 bridgehead atoms. The highest BCUT2D eigenvalue weighted by molar-refractivity contribution is 7.87. The third-order valence-corrected chi connectivity index (χ3v) is 9.08. The van der Waals surface area contributed by atoms with E-state index in [-0.39, 0.29) is 23.7 Å². The van der Waals surface area contributed by atoms with Crippen LogP contribution in [-0.2, 0) is 14.9 Å². The maximum Gasteiger partial charge on any atom is 0.279 e. The van der Waals surface area contributed by atoms with Gasteiger partial charge < -0.3 is 15.2 Å². The molecule has 2 aromatic rings. The molecule has 2 aliphatic heterocycles. The van der Waals surface area contributed by atoms with Gasteiger partial charge in [0.15, 0.2) is 0 Å². The van der Waals surface area contributed by atoms with Crippen molar-refractivity contribution in [2.45, 2.75) is 75.7 Å². The fraction of sp³-hybridized carbons (Fsp3) is 0.696. The Morgan fingerprint density at radius 2 is 2.00 bits per heavy atom. The molecule has 3 aliphatic rings. The molecule has 0 amide bonds. The van der Waals surface area contributed by atoms with Crippen molar-refractivity contribution in [3.63, 3.8) is 0 Å². The van der Waals surface area contributed by atoms with Crippen LogP contribution in [0.15, 0.2) is 23.1 Å². The summed E-state index contributed by atoms with van der Waals surface area (Å²) in [6.45, 7) is 3.55. The van der Waals surface area contributed by atoms with Crippen LogP contribution >= 0.6 is 0 Å². The smallest absolute Gasteiger partial charge is 0.279 e. The predicted octanol–water partition coefficient (Wildman–Crippen LogP) is 1.16. The van der Waals surface area contributed by atoms with E-state index in [1.807, 2.05) is 0 Å². The Kier molecular flexibility index (Phi) is 6.83. The van der Waals surface area contributed by atoms with E-state index in [2.05, 4.69) is 20.0 Å². The molecule has 2 saturated heterocycles. The summed E-state index contributed by atoms with van der Waals surface area (Å²) >= 11 is 0. The lowest BCUT2D eigenvalue weighted by Gasteiger charge is -2.32. The van der Waals surface area contributed by atoms with E-state index in [1.54, 1.807) is 23.8 Å². The van der Waals surface area contributed by atoms with E-state index in [9.17, 15) is 18.3 Å². The third kappa shape index (κ3) is 5.21. The van der Waals surface area contributed by atoms with Crippen LogP contribution in [0, 0.1) is 0 Å². The van der Waals surface area contributed by atoms with Gasteiger partial charge in [0.05, 0.1) is 17.7 Å². The Morgan fingerprint density at radius 3 is 2.69 bits per heavy atom. The first kappa shape index (κ1) is 24.6. The molecule has 1 saturated carbocycles. The molecule has 2 unspecified atom stereocenters. The fourth-order valence-electron chi connectivity index (χ4n) is 5.47. The summed E-state index contributed by atoms with van der Waals surface area (Å²) in [5.41, 5.74) is -0.656. The molecule has 5 rings (SSSR count). The number of anilines is 1. The number of hydrogen-bond acceptors (Lipinski definition) is 8. The lowest BCUT2D eigenvalue weighted by Crippen LogP contribution is -2.48. The van der Waals surface area contributed by atoms with Crippen molar-refractivity contribution in [2.75, 3.05) is 31.6 Å². The van der Waals surface area contributed by atoms with Crippen molar-refractivity contribution < 1.29 is 18.3 Å². The van der Waals surface area contributed by atoms with Gasteiger partial charge in [-0.1, -0.05) is 0 Å². The minimum atomic E-state index is -3.54. The van der Waals surface area contributed by atoms with Crippen LogP contribution in [-0.4, -0.2) is 76.4 Å². The Morgan fingerprint density at radius 1 is 1.20 bits per heavy atom. The zero-order valence-corrected chi connectivity index (χ0v) is 20.8. The summed E-state index contributed by atoms with van der Waals surface area (Å²) in [7, 11) is -3.54. The molecular formula is C23H34N6O5S. The van der Waals surface area contributed by atoms with E-state index in [4.69, 9.17) is 4.74 Å². The zero-order valence-electron chi connectivity index (χ0n) is 20.0. The predicted molar refractivity (Wildman–Crippen MR) is 131 cm³/mol. The minimum absolute atomic E-state index is 0.00976. The van der Waals surface area contributed by atoms with Gasteiger partial charge in [-0.25, -0.2) is 4.98 Å². The van der Waals surface area contributed by atoms with Crippen molar-refractivity contribution in [3.05, 3.63) is 28.7 Å². The van der Waals surface area contributed by atoms with Gasteiger partial charge in [0.25, 0.3) is 15.8 Å². The standard InChI is InChI=1S/C23H34N6O5S/c1-23(31)10-2-5-19(23)29-20(30)7-6-16-14-24-22(27-21(16)29)26-17-8-11-28(12-9-17)35(32,33)25-15-18-4-3-13-34-18/h6-7,14,17-19,25,31H,2-5,8-13,15H2,1H3,(H,24,26,27)/t18-,19?,23?/m0/s1. The van der Waals surface area contributed by atoms with Crippen molar-refractivity contribution in [1.29, 1.82) is 0 Å². The summed E-state index contributed by atoms with van der Waals surface area (Å²) in [5.74, 6) is 0.396. The third-order valence-electron chi connectivity index (χ3n) is 7.50. The number of piperidine rings is 1. The molecule has 3 atom stereocenters. The lowest BCUT2D eigenvalue weighted by molar-refractivity contribution is 0.0267. The van der Waals surface area contributed by atoms with Crippen molar-refractivity contribution in [2.24, 2.45) is 0 Å². The lowest BCUT2D eigenvalue weighted by atomic mass is 10.00. The van der Waals surface area contributed by atoms with Crippen molar-refractivity contribution in [3.8, 4) is 0 Å². The van der Waals surface area contributed by atoms with E-state index in [0.29, 0.717) is 63.5 Å². The summed E-state index contributed by atoms with van der Waals surface area (Å²) in [5, 5.41) is 14.9. The Labute approximate surface area is 205 Å². The highest BCUT2D eigenvalue weighted by Crippen LogP contribution is 2.39. The molecule has 12 heteroatoms. The normalized spacial score (nSPS) is 28.6. The van der Waals surface area contributed by atoms with E-state index >= 15 is 0 Å². The maximum atomic E-state index is 12.8. The molecule has 2 aromatic heterocycles. The van der Waals surface area contributed by atoms with Gasteiger partial charge in [0, 0.05) is 49.9 Å². The molecule has 11 nitrogen and oxygen atoms in total. The molecule has 192 valence electrons. The highest BCUT2D eigenvalue weighted by Gasteiger charge is 2.39. The molecule has 4 heterocycles. The van der Waals surface area contributed by atoms with Gasteiger partial charge in [-0.3, -0.25) is 9.36 Å². The fourth-order valence-corrected chi connectivity index (χ4v) is 6.74. The Hall–Kier alpha value is -2.12. The van der Waals surface area contributed by atoms with Gasteiger partial charge in [-0.2, -0.15) is 22.4 Å². The van der Waals surface area contributed by atoms with Crippen molar-refractivity contribution >= 4 is 27.2 Å².